The first-order chi connectivity index (χ1) is 9.65. The average Bonchev–Trinajstić information content (AvgIpc) is 3.22. The molecule has 2 N–H and O–H groups in total. The van der Waals surface area contributed by atoms with Gasteiger partial charge in [-0.1, -0.05) is 23.9 Å². The van der Waals surface area contributed by atoms with E-state index >= 15 is 0 Å². The quantitative estimate of drug-likeness (QED) is 0.855. The van der Waals surface area contributed by atoms with Gasteiger partial charge in [-0.25, -0.2) is 0 Å². The molecule has 0 aliphatic heterocycles. The zero-order valence-electron chi connectivity index (χ0n) is 11.2. The lowest BCUT2D eigenvalue weighted by Crippen LogP contribution is -2.10. The maximum Gasteiger partial charge on any atom is 0.248 e. The predicted molar refractivity (Wildman–Crippen MR) is 77.5 cm³/mol. The third-order valence-electron chi connectivity index (χ3n) is 3.42. The van der Waals surface area contributed by atoms with Crippen LogP contribution >= 0.6 is 11.8 Å². The molecule has 1 saturated carbocycles. The SMILES string of the molecule is Cn1c(SCc2ccc(C(N)=O)cc2)nnc1C1CC1. The van der Waals surface area contributed by atoms with Gasteiger partial charge in [0.15, 0.2) is 5.16 Å². The molecule has 3 rings (SSSR count). The predicted octanol–water partition coefficient (Wildman–Crippen LogP) is 2.08. The number of rotatable bonds is 5. The maximum absolute atomic E-state index is 11.0. The van der Waals surface area contributed by atoms with Gasteiger partial charge in [0.2, 0.25) is 5.91 Å². The molecule has 2 aromatic rings. The zero-order chi connectivity index (χ0) is 14.1. The van der Waals surface area contributed by atoms with E-state index in [1.807, 2.05) is 19.2 Å². The fraction of sp³-hybridized carbons (Fsp3) is 0.357. The summed E-state index contributed by atoms with van der Waals surface area (Å²) in [5.41, 5.74) is 6.89. The van der Waals surface area contributed by atoms with E-state index in [9.17, 15) is 4.79 Å². The smallest absolute Gasteiger partial charge is 0.248 e. The summed E-state index contributed by atoms with van der Waals surface area (Å²) in [6, 6.07) is 7.35. The molecule has 0 bridgehead atoms. The first-order valence-corrected chi connectivity index (χ1v) is 7.54. The van der Waals surface area contributed by atoms with Gasteiger partial charge in [0.25, 0.3) is 0 Å². The molecule has 0 spiro atoms. The Labute approximate surface area is 121 Å². The highest BCUT2D eigenvalue weighted by molar-refractivity contribution is 7.98. The van der Waals surface area contributed by atoms with Crippen LogP contribution in [0.2, 0.25) is 0 Å². The van der Waals surface area contributed by atoms with Gasteiger partial charge in [0.1, 0.15) is 5.82 Å². The molecule has 0 atom stereocenters. The number of thioether (sulfide) groups is 1. The highest BCUT2D eigenvalue weighted by atomic mass is 32.2. The fourth-order valence-corrected chi connectivity index (χ4v) is 2.94. The van der Waals surface area contributed by atoms with Crippen molar-refractivity contribution in [2.75, 3.05) is 0 Å². The van der Waals surface area contributed by atoms with E-state index in [0.29, 0.717) is 11.5 Å². The Balaban J connectivity index is 1.65. The molecule has 1 aromatic heterocycles. The Kier molecular flexibility index (Phi) is 3.48. The Morgan fingerprint density at radius 1 is 1.35 bits per heavy atom. The van der Waals surface area contributed by atoms with Crippen LogP contribution in [0.5, 0.6) is 0 Å². The Bertz CT molecular complexity index is 631. The van der Waals surface area contributed by atoms with Gasteiger partial charge in [-0.3, -0.25) is 4.79 Å². The van der Waals surface area contributed by atoms with Crippen molar-refractivity contribution in [3.8, 4) is 0 Å². The summed E-state index contributed by atoms with van der Waals surface area (Å²) in [6.45, 7) is 0. The van der Waals surface area contributed by atoms with Crippen molar-refractivity contribution in [2.24, 2.45) is 12.8 Å². The van der Waals surface area contributed by atoms with E-state index in [1.54, 1.807) is 23.9 Å². The molecule has 1 heterocycles. The molecule has 0 saturated heterocycles. The summed E-state index contributed by atoms with van der Waals surface area (Å²) < 4.78 is 2.08. The van der Waals surface area contributed by atoms with Gasteiger partial charge in [0, 0.05) is 24.3 Å². The van der Waals surface area contributed by atoms with Gasteiger partial charge in [-0.05, 0) is 30.5 Å². The van der Waals surface area contributed by atoms with Crippen molar-refractivity contribution in [3.05, 3.63) is 41.2 Å². The van der Waals surface area contributed by atoms with Gasteiger partial charge in [0.05, 0.1) is 0 Å². The van der Waals surface area contributed by atoms with Crippen LogP contribution in [0.3, 0.4) is 0 Å². The number of aromatic nitrogens is 3. The van der Waals surface area contributed by atoms with Gasteiger partial charge in [-0.2, -0.15) is 0 Å². The van der Waals surface area contributed by atoms with Crippen LogP contribution in [0, 0.1) is 0 Å². The topological polar surface area (TPSA) is 73.8 Å². The van der Waals surface area contributed by atoms with E-state index in [0.717, 1.165) is 22.3 Å². The average molecular weight is 288 g/mol. The molecule has 0 radical (unpaired) electrons. The van der Waals surface area contributed by atoms with E-state index in [-0.39, 0.29) is 0 Å². The van der Waals surface area contributed by atoms with Crippen molar-refractivity contribution in [1.29, 1.82) is 0 Å². The number of primary amides is 1. The number of carbonyl (C=O) groups is 1. The minimum Gasteiger partial charge on any atom is -0.366 e. The number of hydrogen-bond acceptors (Lipinski definition) is 4. The van der Waals surface area contributed by atoms with E-state index in [4.69, 9.17) is 5.73 Å². The molecule has 5 nitrogen and oxygen atoms in total. The Morgan fingerprint density at radius 3 is 2.65 bits per heavy atom. The summed E-state index contributed by atoms with van der Waals surface area (Å²) in [7, 11) is 2.02. The van der Waals surface area contributed by atoms with Crippen molar-refractivity contribution in [2.45, 2.75) is 29.7 Å². The molecular formula is C14H16N4OS. The second-order valence-electron chi connectivity index (χ2n) is 5.02. The molecule has 6 heteroatoms. The molecular weight excluding hydrogens is 272 g/mol. The normalized spacial score (nSPS) is 14.4. The molecule has 1 aromatic carbocycles. The van der Waals surface area contributed by atoms with Crippen LogP contribution in [-0.4, -0.2) is 20.7 Å². The van der Waals surface area contributed by atoms with Crippen molar-refractivity contribution >= 4 is 17.7 Å². The molecule has 104 valence electrons. The van der Waals surface area contributed by atoms with Gasteiger partial charge in [-0.15, -0.1) is 10.2 Å². The Hall–Kier alpha value is -1.82. The van der Waals surface area contributed by atoms with Crippen LogP contribution in [0.4, 0.5) is 0 Å². The zero-order valence-corrected chi connectivity index (χ0v) is 12.1. The van der Waals surface area contributed by atoms with Crippen molar-refractivity contribution < 1.29 is 4.79 Å². The molecule has 20 heavy (non-hydrogen) atoms. The fourth-order valence-electron chi connectivity index (χ4n) is 2.06. The van der Waals surface area contributed by atoms with E-state index in [2.05, 4.69) is 14.8 Å². The number of hydrogen-bond donors (Lipinski definition) is 1. The number of nitrogens with zero attached hydrogens (tertiary/aromatic N) is 3. The van der Waals surface area contributed by atoms with Crippen LogP contribution in [0.1, 0.15) is 40.5 Å². The third-order valence-corrected chi connectivity index (χ3v) is 4.51. The molecule has 0 unspecified atom stereocenters. The van der Waals surface area contributed by atoms with Crippen LogP contribution in [-0.2, 0) is 12.8 Å². The maximum atomic E-state index is 11.0. The summed E-state index contributed by atoms with van der Waals surface area (Å²) >= 11 is 1.65. The minimum absolute atomic E-state index is 0.397. The van der Waals surface area contributed by atoms with Gasteiger partial charge >= 0.3 is 0 Å². The summed E-state index contributed by atoms with van der Waals surface area (Å²) in [6.07, 6.45) is 2.45. The van der Waals surface area contributed by atoms with Crippen LogP contribution in [0.15, 0.2) is 29.4 Å². The largest absolute Gasteiger partial charge is 0.366 e. The summed E-state index contributed by atoms with van der Waals surface area (Å²) in [4.78, 5) is 11.0. The second kappa shape index (κ2) is 5.28. The second-order valence-corrected chi connectivity index (χ2v) is 5.97. The number of carbonyl (C=O) groups excluding carboxylic acids is 1. The monoisotopic (exact) mass is 288 g/mol. The molecule has 1 aliphatic rings. The lowest BCUT2D eigenvalue weighted by atomic mass is 10.1. The first kappa shape index (κ1) is 13.2. The standard InChI is InChI=1S/C14H16N4OS/c1-18-13(11-6-7-11)16-17-14(18)20-8-9-2-4-10(5-3-9)12(15)19/h2-5,11H,6-8H2,1H3,(H2,15,19). The minimum atomic E-state index is -0.397. The van der Waals surface area contributed by atoms with E-state index in [1.165, 1.54) is 12.8 Å². The van der Waals surface area contributed by atoms with Crippen LogP contribution in [0.25, 0.3) is 0 Å². The number of benzene rings is 1. The lowest BCUT2D eigenvalue weighted by Gasteiger charge is -2.03. The number of amides is 1. The molecule has 1 fully saturated rings. The summed E-state index contributed by atoms with van der Waals surface area (Å²) in [5, 5.41) is 9.43. The van der Waals surface area contributed by atoms with Crippen molar-refractivity contribution in [3.63, 3.8) is 0 Å². The summed E-state index contributed by atoms with van der Waals surface area (Å²) in [5.74, 6) is 2.11. The first-order valence-electron chi connectivity index (χ1n) is 6.56. The third kappa shape index (κ3) is 2.70. The molecule has 1 aliphatic carbocycles. The highest BCUT2D eigenvalue weighted by Crippen LogP contribution is 2.39. The molecule has 1 amide bonds. The van der Waals surface area contributed by atoms with Crippen LogP contribution < -0.4 is 5.73 Å². The van der Waals surface area contributed by atoms with Crippen molar-refractivity contribution in [1.82, 2.24) is 14.8 Å². The van der Waals surface area contributed by atoms with E-state index < -0.39 is 5.91 Å². The highest BCUT2D eigenvalue weighted by Gasteiger charge is 2.29. The Morgan fingerprint density at radius 2 is 2.05 bits per heavy atom. The lowest BCUT2D eigenvalue weighted by molar-refractivity contribution is 0.100. The number of nitrogens with two attached hydrogens (primary N) is 1. The van der Waals surface area contributed by atoms with Gasteiger partial charge < -0.3 is 10.3 Å².